The van der Waals surface area contributed by atoms with E-state index in [1.807, 2.05) is 67.8 Å². The number of allylic oxidation sites excluding steroid dienone is 1. The molecule has 0 aromatic heterocycles. The number of hydrogen-bond acceptors (Lipinski definition) is 5. The molecular formula is C20H21N3O2S. The second-order valence-electron chi connectivity index (χ2n) is 5.80. The largest absolute Gasteiger partial charge is 0.497 e. The fraction of sp³-hybridized carbons (Fsp3) is 0.200. The Morgan fingerprint density at radius 3 is 2.46 bits per heavy atom. The predicted octanol–water partition coefficient (Wildman–Crippen LogP) is 3.97. The van der Waals surface area contributed by atoms with E-state index in [9.17, 15) is 4.79 Å². The Hall–Kier alpha value is -2.73. The number of benzene rings is 2. The van der Waals surface area contributed by atoms with Crippen LogP contribution in [0.1, 0.15) is 18.5 Å². The molecule has 1 heterocycles. The van der Waals surface area contributed by atoms with Crippen molar-refractivity contribution in [1.29, 1.82) is 0 Å². The molecule has 0 bridgehead atoms. The van der Waals surface area contributed by atoms with Gasteiger partial charge in [-0.05, 0) is 43.0 Å². The number of para-hydroxylation sites is 1. The van der Waals surface area contributed by atoms with Crippen LogP contribution in [0.3, 0.4) is 0 Å². The maximum atomic E-state index is 13.0. The van der Waals surface area contributed by atoms with Crippen molar-refractivity contribution < 1.29 is 9.53 Å². The lowest BCUT2D eigenvalue weighted by Crippen LogP contribution is -2.31. The number of aliphatic imine (C=N–C) groups is 1. The first-order chi connectivity index (χ1) is 12.6. The van der Waals surface area contributed by atoms with Crippen LogP contribution in [-0.2, 0) is 4.79 Å². The summed E-state index contributed by atoms with van der Waals surface area (Å²) in [6.45, 7) is 1.90. The van der Waals surface area contributed by atoms with Gasteiger partial charge in [-0.25, -0.2) is 4.99 Å². The van der Waals surface area contributed by atoms with E-state index in [4.69, 9.17) is 9.73 Å². The van der Waals surface area contributed by atoms with Gasteiger partial charge < -0.3 is 15.4 Å². The van der Waals surface area contributed by atoms with Gasteiger partial charge in [-0.2, -0.15) is 0 Å². The number of carbonyl (C=O) groups is 1. The third kappa shape index (κ3) is 3.91. The summed E-state index contributed by atoms with van der Waals surface area (Å²) >= 11 is 1.52. The van der Waals surface area contributed by atoms with E-state index < -0.39 is 0 Å². The fourth-order valence-corrected chi connectivity index (χ4v) is 3.26. The maximum absolute atomic E-state index is 13.0. The van der Waals surface area contributed by atoms with Gasteiger partial charge in [0.05, 0.1) is 12.7 Å². The van der Waals surface area contributed by atoms with Crippen LogP contribution < -0.4 is 15.4 Å². The molecule has 0 aliphatic carbocycles. The van der Waals surface area contributed by atoms with Crippen LogP contribution in [0.4, 0.5) is 5.69 Å². The molecule has 3 rings (SSSR count). The van der Waals surface area contributed by atoms with Gasteiger partial charge in [0.1, 0.15) is 11.8 Å². The molecule has 0 radical (unpaired) electrons. The molecule has 6 heteroatoms. The molecule has 134 valence electrons. The number of hydrogen-bond donors (Lipinski definition) is 2. The zero-order chi connectivity index (χ0) is 18.5. The predicted molar refractivity (Wildman–Crippen MR) is 108 cm³/mol. The van der Waals surface area contributed by atoms with E-state index >= 15 is 0 Å². The Morgan fingerprint density at radius 2 is 1.85 bits per heavy atom. The third-order valence-corrected chi connectivity index (χ3v) is 4.71. The number of amides is 1. The highest BCUT2D eigenvalue weighted by molar-refractivity contribution is 8.13. The molecule has 1 atom stereocenters. The molecule has 1 aliphatic heterocycles. The van der Waals surface area contributed by atoms with Crippen molar-refractivity contribution in [3.63, 3.8) is 0 Å². The summed E-state index contributed by atoms with van der Waals surface area (Å²) in [7, 11) is 1.63. The molecule has 0 saturated carbocycles. The lowest BCUT2D eigenvalue weighted by Gasteiger charge is -2.26. The lowest BCUT2D eigenvalue weighted by atomic mass is 9.95. The first-order valence-electron chi connectivity index (χ1n) is 8.22. The Morgan fingerprint density at radius 1 is 1.15 bits per heavy atom. The van der Waals surface area contributed by atoms with E-state index in [0.717, 1.165) is 27.9 Å². The molecule has 0 spiro atoms. The molecule has 1 aliphatic rings. The molecular weight excluding hydrogens is 346 g/mol. The highest BCUT2D eigenvalue weighted by atomic mass is 32.2. The zero-order valence-electron chi connectivity index (χ0n) is 14.9. The van der Waals surface area contributed by atoms with Crippen molar-refractivity contribution in [3.8, 4) is 5.75 Å². The Bertz CT molecular complexity index is 845. The van der Waals surface area contributed by atoms with Crippen LogP contribution in [0.15, 0.2) is 70.9 Å². The van der Waals surface area contributed by atoms with Crippen molar-refractivity contribution in [2.75, 3.05) is 18.7 Å². The number of amidine groups is 1. The van der Waals surface area contributed by atoms with Crippen LogP contribution in [0, 0.1) is 0 Å². The number of nitrogens with zero attached hydrogens (tertiary/aromatic N) is 1. The molecule has 0 fully saturated rings. The van der Waals surface area contributed by atoms with Crippen molar-refractivity contribution in [2.24, 2.45) is 4.99 Å². The van der Waals surface area contributed by atoms with E-state index in [1.165, 1.54) is 11.8 Å². The standard InChI is InChI=1S/C20H21N3O2S/c1-13-17(19(24)22-15-7-5-4-6-8-15)18(23-20(21-13)26-3)14-9-11-16(25-2)12-10-14/h4-12,18H,1-3H3,(H,21,23)(H,22,24)/t18-/m0/s1. The number of anilines is 1. The van der Waals surface area contributed by atoms with E-state index in [1.54, 1.807) is 7.11 Å². The van der Waals surface area contributed by atoms with Gasteiger partial charge in [0.25, 0.3) is 5.91 Å². The van der Waals surface area contributed by atoms with Gasteiger partial charge >= 0.3 is 0 Å². The number of nitrogens with one attached hydrogen (secondary N) is 2. The summed E-state index contributed by atoms with van der Waals surface area (Å²) in [5, 5.41) is 6.96. The minimum absolute atomic E-state index is 0.161. The van der Waals surface area contributed by atoms with Crippen LogP contribution in [0.5, 0.6) is 5.75 Å². The summed E-state index contributed by atoms with van der Waals surface area (Å²) in [4.78, 5) is 17.7. The van der Waals surface area contributed by atoms with Crippen molar-refractivity contribution in [1.82, 2.24) is 5.32 Å². The number of methoxy groups -OCH3 is 1. The topological polar surface area (TPSA) is 62.7 Å². The quantitative estimate of drug-likeness (QED) is 0.858. The average Bonchev–Trinajstić information content (AvgIpc) is 2.68. The molecule has 5 nitrogen and oxygen atoms in total. The van der Waals surface area contributed by atoms with Crippen LogP contribution >= 0.6 is 11.8 Å². The summed E-state index contributed by atoms with van der Waals surface area (Å²) in [6.07, 6.45) is 1.96. The molecule has 2 aromatic carbocycles. The summed E-state index contributed by atoms with van der Waals surface area (Å²) < 4.78 is 5.23. The summed E-state index contributed by atoms with van der Waals surface area (Å²) in [6, 6.07) is 16.7. The summed E-state index contributed by atoms with van der Waals surface area (Å²) in [5.41, 5.74) is 3.11. The summed E-state index contributed by atoms with van der Waals surface area (Å²) in [5.74, 6) is 0.610. The minimum atomic E-state index is -0.367. The molecule has 2 aromatic rings. The van der Waals surface area contributed by atoms with E-state index in [0.29, 0.717) is 5.57 Å². The van der Waals surface area contributed by atoms with Crippen molar-refractivity contribution in [2.45, 2.75) is 13.0 Å². The molecule has 1 amide bonds. The van der Waals surface area contributed by atoms with Crippen molar-refractivity contribution >= 4 is 28.5 Å². The van der Waals surface area contributed by atoms with Gasteiger partial charge in [0, 0.05) is 11.4 Å². The molecule has 0 saturated heterocycles. The monoisotopic (exact) mass is 367 g/mol. The molecule has 26 heavy (non-hydrogen) atoms. The smallest absolute Gasteiger partial charge is 0.255 e. The van der Waals surface area contributed by atoms with Crippen LogP contribution in [0.25, 0.3) is 0 Å². The Kier molecular flexibility index (Phi) is 5.63. The van der Waals surface area contributed by atoms with E-state index in [-0.39, 0.29) is 11.9 Å². The Labute approximate surface area is 157 Å². The highest BCUT2D eigenvalue weighted by Gasteiger charge is 2.29. The number of thioether (sulfide) groups is 1. The second kappa shape index (κ2) is 8.10. The zero-order valence-corrected chi connectivity index (χ0v) is 15.8. The lowest BCUT2D eigenvalue weighted by molar-refractivity contribution is -0.113. The van der Waals surface area contributed by atoms with Crippen LogP contribution in [0.2, 0.25) is 0 Å². The van der Waals surface area contributed by atoms with E-state index in [2.05, 4.69) is 10.6 Å². The van der Waals surface area contributed by atoms with Gasteiger partial charge in [0.2, 0.25) is 0 Å². The van der Waals surface area contributed by atoms with Gasteiger partial charge in [0.15, 0.2) is 5.17 Å². The number of rotatable bonds is 4. The first-order valence-corrected chi connectivity index (χ1v) is 9.44. The van der Waals surface area contributed by atoms with Gasteiger partial charge in [-0.3, -0.25) is 4.79 Å². The molecule has 2 N–H and O–H groups in total. The first kappa shape index (κ1) is 18.1. The second-order valence-corrected chi connectivity index (χ2v) is 6.59. The number of ether oxygens (including phenoxy) is 1. The van der Waals surface area contributed by atoms with Gasteiger partial charge in [-0.15, -0.1) is 0 Å². The van der Waals surface area contributed by atoms with Crippen molar-refractivity contribution in [3.05, 3.63) is 71.4 Å². The average molecular weight is 367 g/mol. The van der Waals surface area contributed by atoms with Gasteiger partial charge in [-0.1, -0.05) is 42.1 Å². The Balaban J connectivity index is 1.95. The normalized spacial score (nSPS) is 16.6. The third-order valence-electron chi connectivity index (χ3n) is 4.12. The maximum Gasteiger partial charge on any atom is 0.255 e. The SMILES string of the molecule is COc1ccc([C@@H]2N=C(SC)NC(C)=C2C(=O)Nc2ccccc2)cc1. The number of carbonyl (C=O) groups excluding carboxylic acids is 1. The highest BCUT2D eigenvalue weighted by Crippen LogP contribution is 2.33. The van der Waals surface area contributed by atoms with Crippen LogP contribution in [-0.4, -0.2) is 24.4 Å². The minimum Gasteiger partial charge on any atom is -0.497 e. The fourth-order valence-electron chi connectivity index (χ4n) is 2.79. The molecule has 0 unspecified atom stereocenters.